The lowest BCUT2D eigenvalue weighted by Crippen LogP contribution is -2.22. The van der Waals surface area contributed by atoms with Crippen LogP contribution in [0.4, 0.5) is 18.9 Å². The Morgan fingerprint density at radius 3 is 2.60 bits per heavy atom. The Morgan fingerprint density at radius 2 is 1.92 bits per heavy atom. The molecule has 0 atom stereocenters. The maximum Gasteiger partial charge on any atom is 0.297 e. The van der Waals surface area contributed by atoms with Crippen LogP contribution in [-0.4, -0.2) is 21.1 Å². The van der Waals surface area contributed by atoms with Crippen molar-refractivity contribution < 1.29 is 13.2 Å². The number of nitrogens with one attached hydrogen (secondary N) is 1. The van der Waals surface area contributed by atoms with E-state index in [9.17, 15) is 13.2 Å². The summed E-state index contributed by atoms with van der Waals surface area (Å²) in [5.41, 5.74) is 3.35. The number of fused-ring (bicyclic) bond motifs is 3. The summed E-state index contributed by atoms with van der Waals surface area (Å²) in [7, 11) is 0. The fourth-order valence-electron chi connectivity index (χ4n) is 3.45. The Bertz CT molecular complexity index is 945. The molecule has 0 radical (unpaired) electrons. The Kier molecular flexibility index (Phi) is 3.49. The smallest absolute Gasteiger partial charge is 0.297 e. The zero-order valence-corrected chi connectivity index (χ0v) is 13.9. The van der Waals surface area contributed by atoms with E-state index >= 15 is 0 Å². The van der Waals surface area contributed by atoms with Gasteiger partial charge in [0.1, 0.15) is 5.82 Å². The molecular weight excluding hydrogens is 329 g/mol. The third-order valence-electron chi connectivity index (χ3n) is 4.64. The minimum atomic E-state index is -2.71. The summed E-state index contributed by atoms with van der Waals surface area (Å²) in [6.45, 7) is 4.65. The molecule has 0 aliphatic carbocycles. The second-order valence-electron chi connectivity index (χ2n) is 6.99. The molecule has 130 valence electrons. The normalized spacial score (nSPS) is 15.6. The Labute approximate surface area is 142 Å². The number of rotatable bonds is 3. The third-order valence-corrected chi connectivity index (χ3v) is 4.64. The highest BCUT2D eigenvalue weighted by molar-refractivity contribution is 5.66. The number of anilines is 1. The Hall–Kier alpha value is -2.57. The van der Waals surface area contributed by atoms with Gasteiger partial charge in [-0.25, -0.2) is 13.2 Å². The SMILES string of the molecule is CC1(C)CNc2cc(Cc3ccc(F)cc3)c3nnc(C(F)F)n3c21. The molecule has 3 heterocycles. The molecule has 1 aromatic carbocycles. The number of pyridine rings is 1. The lowest BCUT2D eigenvalue weighted by atomic mass is 9.90. The zero-order chi connectivity index (χ0) is 17.8. The van der Waals surface area contributed by atoms with Crippen LogP contribution >= 0.6 is 0 Å². The molecule has 1 aliphatic rings. The van der Waals surface area contributed by atoms with Crippen LogP contribution in [0, 0.1) is 5.82 Å². The van der Waals surface area contributed by atoms with E-state index in [-0.39, 0.29) is 17.1 Å². The van der Waals surface area contributed by atoms with Gasteiger partial charge in [-0.15, -0.1) is 10.2 Å². The van der Waals surface area contributed by atoms with Crippen molar-refractivity contribution in [2.75, 3.05) is 11.9 Å². The second-order valence-corrected chi connectivity index (χ2v) is 6.99. The lowest BCUT2D eigenvalue weighted by molar-refractivity contribution is 0.138. The topological polar surface area (TPSA) is 42.2 Å². The Balaban J connectivity index is 1.92. The van der Waals surface area contributed by atoms with E-state index in [4.69, 9.17) is 0 Å². The van der Waals surface area contributed by atoms with E-state index in [1.54, 1.807) is 12.1 Å². The van der Waals surface area contributed by atoms with Crippen molar-refractivity contribution in [3.8, 4) is 0 Å². The van der Waals surface area contributed by atoms with Gasteiger partial charge < -0.3 is 5.32 Å². The van der Waals surface area contributed by atoms with Crippen LogP contribution in [0.2, 0.25) is 0 Å². The predicted molar refractivity (Wildman–Crippen MR) is 88.7 cm³/mol. The van der Waals surface area contributed by atoms with Gasteiger partial charge in [-0.3, -0.25) is 4.40 Å². The standard InChI is InChI=1S/C18H17F3N4/c1-18(2)9-22-13-8-11(7-10-3-5-12(19)6-4-10)16-23-24-17(15(20)21)25(16)14(13)18/h3-6,8,15,22H,7,9H2,1-2H3. The van der Waals surface area contributed by atoms with Crippen molar-refractivity contribution >= 4 is 11.3 Å². The van der Waals surface area contributed by atoms with E-state index in [0.717, 1.165) is 22.5 Å². The molecule has 0 spiro atoms. The first-order chi connectivity index (χ1) is 11.9. The highest BCUT2D eigenvalue weighted by Gasteiger charge is 2.35. The molecule has 1 aliphatic heterocycles. The van der Waals surface area contributed by atoms with E-state index in [2.05, 4.69) is 15.5 Å². The Morgan fingerprint density at radius 1 is 1.20 bits per heavy atom. The molecule has 4 nitrogen and oxygen atoms in total. The first-order valence-corrected chi connectivity index (χ1v) is 8.05. The second kappa shape index (κ2) is 5.47. The van der Waals surface area contributed by atoms with Crippen LogP contribution in [0.15, 0.2) is 30.3 Å². The molecular formula is C18H17F3N4. The lowest BCUT2D eigenvalue weighted by Gasteiger charge is -2.20. The molecule has 0 amide bonds. The van der Waals surface area contributed by atoms with E-state index < -0.39 is 6.43 Å². The van der Waals surface area contributed by atoms with Gasteiger partial charge in [-0.2, -0.15) is 0 Å². The summed E-state index contributed by atoms with van der Waals surface area (Å²) in [6.07, 6.45) is -2.25. The number of hydrogen-bond acceptors (Lipinski definition) is 3. The van der Waals surface area contributed by atoms with Crippen molar-refractivity contribution in [2.24, 2.45) is 0 Å². The number of benzene rings is 1. The number of aromatic nitrogens is 3. The van der Waals surface area contributed by atoms with Gasteiger partial charge in [0.05, 0.1) is 11.4 Å². The fourth-order valence-corrected chi connectivity index (χ4v) is 3.45. The minimum absolute atomic E-state index is 0.311. The van der Waals surface area contributed by atoms with Gasteiger partial charge in [0.2, 0.25) is 5.82 Å². The summed E-state index contributed by atoms with van der Waals surface area (Å²) >= 11 is 0. The fraction of sp³-hybridized carbons (Fsp3) is 0.333. The first kappa shape index (κ1) is 15.9. The van der Waals surface area contributed by atoms with Crippen LogP contribution in [0.5, 0.6) is 0 Å². The summed E-state index contributed by atoms with van der Waals surface area (Å²) < 4.78 is 41.5. The molecule has 4 rings (SSSR count). The summed E-state index contributed by atoms with van der Waals surface area (Å²) in [4.78, 5) is 0. The average molecular weight is 346 g/mol. The highest BCUT2D eigenvalue weighted by Crippen LogP contribution is 2.39. The average Bonchev–Trinajstić information content (AvgIpc) is 3.11. The van der Waals surface area contributed by atoms with Crippen molar-refractivity contribution in [3.05, 3.63) is 58.8 Å². The van der Waals surface area contributed by atoms with Crippen LogP contribution in [0.3, 0.4) is 0 Å². The molecule has 0 bridgehead atoms. The third kappa shape index (κ3) is 2.54. The maximum atomic E-state index is 13.5. The van der Waals surface area contributed by atoms with Crippen molar-refractivity contribution in [1.29, 1.82) is 0 Å². The highest BCUT2D eigenvalue weighted by atomic mass is 19.3. The number of hydrogen-bond donors (Lipinski definition) is 1. The van der Waals surface area contributed by atoms with E-state index in [0.29, 0.717) is 18.6 Å². The monoisotopic (exact) mass is 346 g/mol. The maximum absolute atomic E-state index is 13.5. The molecule has 0 fully saturated rings. The van der Waals surface area contributed by atoms with Crippen LogP contribution in [0.1, 0.15) is 42.9 Å². The van der Waals surface area contributed by atoms with Gasteiger partial charge in [-0.1, -0.05) is 26.0 Å². The zero-order valence-electron chi connectivity index (χ0n) is 13.9. The van der Waals surface area contributed by atoms with Crippen LogP contribution < -0.4 is 5.32 Å². The van der Waals surface area contributed by atoms with Crippen LogP contribution in [0.25, 0.3) is 5.65 Å². The van der Waals surface area contributed by atoms with Gasteiger partial charge in [-0.05, 0) is 23.8 Å². The van der Waals surface area contributed by atoms with Gasteiger partial charge in [0.15, 0.2) is 5.65 Å². The van der Waals surface area contributed by atoms with Crippen molar-refractivity contribution in [1.82, 2.24) is 14.6 Å². The summed E-state index contributed by atoms with van der Waals surface area (Å²) in [6, 6.07) is 8.07. The van der Waals surface area contributed by atoms with Gasteiger partial charge >= 0.3 is 0 Å². The number of halogens is 3. The molecule has 2 aromatic heterocycles. The van der Waals surface area contributed by atoms with Crippen molar-refractivity contribution in [2.45, 2.75) is 32.1 Å². The largest absolute Gasteiger partial charge is 0.383 e. The quantitative estimate of drug-likeness (QED) is 0.776. The van der Waals surface area contributed by atoms with Gasteiger partial charge in [0.25, 0.3) is 6.43 Å². The molecule has 0 saturated carbocycles. The van der Waals surface area contributed by atoms with E-state index in [1.807, 2.05) is 19.9 Å². The molecule has 0 unspecified atom stereocenters. The molecule has 0 saturated heterocycles. The predicted octanol–water partition coefficient (Wildman–Crippen LogP) is 4.10. The molecule has 3 aromatic rings. The van der Waals surface area contributed by atoms with Crippen molar-refractivity contribution in [3.63, 3.8) is 0 Å². The summed E-state index contributed by atoms with van der Waals surface area (Å²) in [5.74, 6) is -0.655. The first-order valence-electron chi connectivity index (χ1n) is 8.05. The molecule has 7 heteroatoms. The van der Waals surface area contributed by atoms with E-state index in [1.165, 1.54) is 16.5 Å². The van der Waals surface area contributed by atoms with Crippen LogP contribution in [-0.2, 0) is 11.8 Å². The van der Waals surface area contributed by atoms with Gasteiger partial charge in [0, 0.05) is 23.9 Å². The molecule has 25 heavy (non-hydrogen) atoms. The molecule has 1 N–H and O–H groups in total. The number of alkyl halides is 2. The number of nitrogens with zero attached hydrogens (tertiary/aromatic N) is 3. The minimum Gasteiger partial charge on any atom is -0.383 e. The summed E-state index contributed by atoms with van der Waals surface area (Å²) in [5, 5.41) is 11.0.